The number of hydrogen-bond acceptors (Lipinski definition) is 5. The summed E-state index contributed by atoms with van der Waals surface area (Å²) in [5.74, 6) is -0.327. The zero-order valence-corrected chi connectivity index (χ0v) is 9.65. The van der Waals surface area contributed by atoms with Crippen molar-refractivity contribution in [1.82, 2.24) is 10.3 Å². The Kier molecular flexibility index (Phi) is 3.14. The summed E-state index contributed by atoms with van der Waals surface area (Å²) in [4.78, 5) is 26.4. The second-order valence-electron chi connectivity index (χ2n) is 3.26. The molecule has 1 aliphatic heterocycles. The Hall–Kier alpha value is -1.82. The highest BCUT2D eigenvalue weighted by molar-refractivity contribution is 6.30. The third kappa shape index (κ3) is 2.31. The number of hydrogen-bond donors (Lipinski definition) is 1. The number of carbonyl (C=O) groups is 2. The van der Waals surface area contributed by atoms with Gasteiger partial charge in [0.1, 0.15) is 0 Å². The predicted molar refractivity (Wildman–Crippen MR) is 57.8 cm³/mol. The molecule has 1 aromatic rings. The Morgan fingerprint density at radius 1 is 1.59 bits per heavy atom. The van der Waals surface area contributed by atoms with Crippen LogP contribution in [0, 0.1) is 0 Å². The Bertz CT molecular complexity index is 477. The Morgan fingerprint density at radius 2 is 2.35 bits per heavy atom. The van der Waals surface area contributed by atoms with Crippen LogP contribution in [0.1, 0.15) is 18.6 Å². The van der Waals surface area contributed by atoms with Gasteiger partial charge < -0.3 is 9.47 Å². The van der Waals surface area contributed by atoms with Gasteiger partial charge in [0.25, 0.3) is 5.91 Å². The van der Waals surface area contributed by atoms with Gasteiger partial charge in [-0.15, -0.1) is 0 Å². The molecule has 0 saturated carbocycles. The van der Waals surface area contributed by atoms with Crippen LogP contribution in [0.15, 0.2) is 12.3 Å². The fourth-order valence-electron chi connectivity index (χ4n) is 1.45. The molecule has 2 heterocycles. The van der Waals surface area contributed by atoms with Crippen LogP contribution >= 0.6 is 11.6 Å². The first-order valence-electron chi connectivity index (χ1n) is 4.91. The first-order valence-corrected chi connectivity index (χ1v) is 5.29. The number of nitrogens with zero attached hydrogens (tertiary/aromatic N) is 1. The topological polar surface area (TPSA) is 77.5 Å². The maximum atomic E-state index is 11.5. The van der Waals surface area contributed by atoms with Crippen molar-refractivity contribution in [2.45, 2.75) is 13.0 Å². The predicted octanol–water partition coefficient (Wildman–Crippen LogP) is 1.44. The molecule has 1 N–H and O–H groups in total. The van der Waals surface area contributed by atoms with Crippen LogP contribution in [0.25, 0.3) is 0 Å². The molecule has 2 amide bonds. The van der Waals surface area contributed by atoms with Gasteiger partial charge >= 0.3 is 6.09 Å². The van der Waals surface area contributed by atoms with E-state index in [1.807, 2.05) is 5.32 Å². The summed E-state index contributed by atoms with van der Waals surface area (Å²) in [5.41, 5.74) is 0.336. The van der Waals surface area contributed by atoms with Crippen LogP contribution in [0.5, 0.6) is 5.88 Å². The van der Waals surface area contributed by atoms with Gasteiger partial charge in [-0.3, -0.25) is 10.1 Å². The van der Waals surface area contributed by atoms with Crippen molar-refractivity contribution < 1.29 is 19.1 Å². The van der Waals surface area contributed by atoms with Gasteiger partial charge in [0.15, 0.2) is 0 Å². The average molecular weight is 257 g/mol. The molecule has 1 fully saturated rings. The molecule has 0 spiro atoms. The maximum Gasteiger partial charge on any atom is 0.415 e. The van der Waals surface area contributed by atoms with Crippen LogP contribution in [0.2, 0.25) is 5.02 Å². The number of nitrogens with one attached hydrogen (secondary N) is 1. The number of cyclic esters (lactones) is 1. The quantitative estimate of drug-likeness (QED) is 0.885. The summed E-state index contributed by atoms with van der Waals surface area (Å²) in [5, 5.41) is 2.36. The minimum absolute atomic E-state index is 0.228. The first-order chi connectivity index (χ1) is 8.11. The average Bonchev–Trinajstić information content (AvgIpc) is 2.61. The number of alkyl carbamates (subject to hydrolysis) is 1. The van der Waals surface area contributed by atoms with E-state index in [0.29, 0.717) is 17.2 Å². The molecule has 0 bridgehead atoms. The third-order valence-electron chi connectivity index (χ3n) is 2.10. The molecule has 1 aromatic heterocycles. The highest BCUT2D eigenvalue weighted by atomic mass is 35.5. The molecule has 1 unspecified atom stereocenters. The number of halogens is 1. The van der Waals surface area contributed by atoms with Crippen molar-refractivity contribution in [2.75, 3.05) is 6.61 Å². The van der Waals surface area contributed by atoms with Crippen molar-refractivity contribution in [3.8, 4) is 5.88 Å². The molecule has 0 aliphatic carbocycles. The minimum atomic E-state index is -1.06. The zero-order valence-electron chi connectivity index (χ0n) is 8.90. The summed E-state index contributed by atoms with van der Waals surface area (Å²) in [6.07, 6.45) is -0.456. The van der Waals surface area contributed by atoms with Crippen LogP contribution in [-0.2, 0) is 9.53 Å². The molecular weight excluding hydrogens is 248 g/mol. The molecule has 0 aromatic carbocycles. The lowest BCUT2D eigenvalue weighted by molar-refractivity contribution is -0.123. The van der Waals surface area contributed by atoms with Gasteiger partial charge in [0, 0.05) is 6.20 Å². The highest BCUT2D eigenvalue weighted by Gasteiger charge is 2.36. The number of amides is 2. The third-order valence-corrected chi connectivity index (χ3v) is 2.30. The number of imide groups is 1. The Morgan fingerprint density at radius 3 is 2.94 bits per heavy atom. The molecule has 6 nitrogen and oxygen atoms in total. The van der Waals surface area contributed by atoms with Crippen LogP contribution < -0.4 is 10.1 Å². The van der Waals surface area contributed by atoms with Crippen LogP contribution in [0.4, 0.5) is 4.79 Å². The molecule has 7 heteroatoms. The van der Waals surface area contributed by atoms with Crippen molar-refractivity contribution in [3.63, 3.8) is 0 Å². The van der Waals surface area contributed by atoms with E-state index in [4.69, 9.17) is 21.1 Å². The fraction of sp³-hybridized carbons (Fsp3) is 0.300. The molecule has 1 saturated heterocycles. The molecular formula is C10H9ClN2O4. The largest absolute Gasteiger partial charge is 0.478 e. The highest BCUT2D eigenvalue weighted by Crippen LogP contribution is 2.30. The smallest absolute Gasteiger partial charge is 0.415 e. The first kappa shape index (κ1) is 11.7. The summed E-state index contributed by atoms with van der Waals surface area (Å²) in [6, 6.07) is 1.49. The van der Waals surface area contributed by atoms with Gasteiger partial charge in [-0.1, -0.05) is 11.6 Å². The number of carbonyl (C=O) groups excluding carboxylic acids is 2. The molecule has 2 rings (SSSR count). The van der Waals surface area contributed by atoms with Gasteiger partial charge in [0.2, 0.25) is 12.0 Å². The van der Waals surface area contributed by atoms with Crippen molar-refractivity contribution in [2.24, 2.45) is 0 Å². The monoisotopic (exact) mass is 256 g/mol. The summed E-state index contributed by atoms with van der Waals surface area (Å²) in [6.45, 7) is 2.16. The lowest BCUT2D eigenvalue weighted by Crippen LogP contribution is -2.21. The molecule has 1 atom stereocenters. The minimum Gasteiger partial charge on any atom is -0.478 e. The second kappa shape index (κ2) is 4.58. The lowest BCUT2D eigenvalue weighted by atomic mass is 10.1. The molecule has 0 radical (unpaired) electrons. The van der Waals surface area contributed by atoms with E-state index in [-0.39, 0.29) is 5.88 Å². The van der Waals surface area contributed by atoms with E-state index in [2.05, 4.69) is 4.98 Å². The molecule has 17 heavy (non-hydrogen) atoms. The summed E-state index contributed by atoms with van der Waals surface area (Å²) < 4.78 is 10.1. The number of aromatic nitrogens is 1. The van der Waals surface area contributed by atoms with Gasteiger partial charge in [-0.25, -0.2) is 9.78 Å². The maximum absolute atomic E-state index is 11.5. The Balaban J connectivity index is 2.39. The Labute approximate surface area is 102 Å². The normalized spacial score (nSPS) is 18.8. The van der Waals surface area contributed by atoms with E-state index in [1.165, 1.54) is 12.3 Å². The van der Waals surface area contributed by atoms with Crippen molar-refractivity contribution in [1.29, 1.82) is 0 Å². The van der Waals surface area contributed by atoms with Crippen LogP contribution in [-0.4, -0.2) is 23.6 Å². The van der Waals surface area contributed by atoms with E-state index in [0.717, 1.165) is 0 Å². The van der Waals surface area contributed by atoms with Gasteiger partial charge in [0.05, 0.1) is 17.2 Å². The lowest BCUT2D eigenvalue weighted by Gasteiger charge is -2.11. The van der Waals surface area contributed by atoms with E-state index < -0.39 is 18.1 Å². The van der Waals surface area contributed by atoms with E-state index in [1.54, 1.807) is 6.92 Å². The SMILES string of the molecule is CCOc1ncc(Cl)cc1C1OC(=O)NC1=O. The van der Waals surface area contributed by atoms with E-state index >= 15 is 0 Å². The van der Waals surface area contributed by atoms with Crippen LogP contribution in [0.3, 0.4) is 0 Å². The van der Waals surface area contributed by atoms with Crippen molar-refractivity contribution >= 4 is 23.6 Å². The second-order valence-corrected chi connectivity index (χ2v) is 3.69. The van der Waals surface area contributed by atoms with Crippen molar-refractivity contribution in [3.05, 3.63) is 22.8 Å². The fourth-order valence-corrected chi connectivity index (χ4v) is 1.61. The summed E-state index contributed by atoms with van der Waals surface area (Å²) in [7, 11) is 0. The van der Waals surface area contributed by atoms with E-state index in [9.17, 15) is 9.59 Å². The standard InChI is InChI=1S/C10H9ClN2O4/c1-2-16-9-6(3-5(11)4-12-9)7-8(14)13-10(15)17-7/h3-4,7H,2H2,1H3,(H,13,14,15). The zero-order chi connectivity index (χ0) is 12.4. The number of ether oxygens (including phenoxy) is 2. The molecule has 1 aliphatic rings. The summed E-state index contributed by atoms with van der Waals surface area (Å²) >= 11 is 5.79. The van der Waals surface area contributed by atoms with Gasteiger partial charge in [-0.05, 0) is 13.0 Å². The molecule has 90 valence electrons. The number of pyridine rings is 1. The number of rotatable bonds is 3. The van der Waals surface area contributed by atoms with Gasteiger partial charge in [-0.2, -0.15) is 0 Å².